The van der Waals surface area contributed by atoms with E-state index in [4.69, 9.17) is 5.11 Å². The zero-order chi connectivity index (χ0) is 12.0. The van der Waals surface area contributed by atoms with Gasteiger partial charge in [-0.15, -0.1) is 0 Å². The third kappa shape index (κ3) is 4.30. The van der Waals surface area contributed by atoms with Crippen molar-refractivity contribution in [2.75, 3.05) is 13.2 Å². The number of aromatic nitrogens is 2. The smallest absolute Gasteiger partial charge is 0.0860 e. The SMILES string of the molecule is CC(C)C(CO)NCC(O)Cn1cccn1. The minimum Gasteiger partial charge on any atom is -0.395 e. The molecule has 1 heterocycles. The van der Waals surface area contributed by atoms with E-state index in [1.807, 2.05) is 26.1 Å². The maximum Gasteiger partial charge on any atom is 0.0860 e. The van der Waals surface area contributed by atoms with Crippen LogP contribution < -0.4 is 5.32 Å². The lowest BCUT2D eigenvalue weighted by Crippen LogP contribution is -2.42. The Morgan fingerprint density at radius 2 is 2.19 bits per heavy atom. The number of hydrogen-bond acceptors (Lipinski definition) is 4. The van der Waals surface area contributed by atoms with Gasteiger partial charge in [0, 0.05) is 25.0 Å². The second-order valence-corrected chi connectivity index (χ2v) is 4.32. The fraction of sp³-hybridized carbons (Fsp3) is 0.727. The Labute approximate surface area is 96.1 Å². The zero-order valence-electron chi connectivity index (χ0n) is 9.87. The highest BCUT2D eigenvalue weighted by molar-refractivity contribution is 4.79. The van der Waals surface area contributed by atoms with Gasteiger partial charge < -0.3 is 15.5 Å². The summed E-state index contributed by atoms with van der Waals surface area (Å²) < 4.78 is 1.69. The average molecular weight is 227 g/mol. The molecule has 0 aromatic carbocycles. The molecule has 0 fully saturated rings. The first-order valence-electron chi connectivity index (χ1n) is 5.63. The largest absolute Gasteiger partial charge is 0.395 e. The van der Waals surface area contributed by atoms with E-state index in [9.17, 15) is 5.11 Å². The molecule has 2 unspecified atom stereocenters. The summed E-state index contributed by atoms with van der Waals surface area (Å²) in [5.74, 6) is 0.349. The minimum absolute atomic E-state index is 0.0345. The molecule has 2 atom stereocenters. The molecular formula is C11H21N3O2. The van der Waals surface area contributed by atoms with Crippen molar-refractivity contribution in [1.82, 2.24) is 15.1 Å². The molecule has 5 heteroatoms. The summed E-state index contributed by atoms with van der Waals surface area (Å²) in [4.78, 5) is 0. The van der Waals surface area contributed by atoms with Crippen LogP contribution in [0.1, 0.15) is 13.8 Å². The topological polar surface area (TPSA) is 70.3 Å². The Hall–Kier alpha value is -0.910. The molecule has 1 aromatic rings. The monoisotopic (exact) mass is 227 g/mol. The van der Waals surface area contributed by atoms with Crippen LogP contribution in [0.15, 0.2) is 18.5 Å². The predicted molar refractivity (Wildman–Crippen MR) is 61.9 cm³/mol. The third-order valence-electron chi connectivity index (χ3n) is 2.57. The van der Waals surface area contributed by atoms with Gasteiger partial charge in [-0.2, -0.15) is 5.10 Å². The molecule has 0 amide bonds. The second-order valence-electron chi connectivity index (χ2n) is 4.32. The van der Waals surface area contributed by atoms with Crippen molar-refractivity contribution in [3.05, 3.63) is 18.5 Å². The number of rotatable bonds is 7. The van der Waals surface area contributed by atoms with E-state index in [0.717, 1.165) is 0 Å². The van der Waals surface area contributed by atoms with Crippen molar-refractivity contribution >= 4 is 0 Å². The van der Waals surface area contributed by atoms with Crippen LogP contribution in [0.25, 0.3) is 0 Å². The zero-order valence-corrected chi connectivity index (χ0v) is 9.87. The highest BCUT2D eigenvalue weighted by Gasteiger charge is 2.13. The van der Waals surface area contributed by atoms with Crippen LogP contribution in [0.3, 0.4) is 0 Å². The highest BCUT2D eigenvalue weighted by atomic mass is 16.3. The van der Waals surface area contributed by atoms with Crippen molar-refractivity contribution in [2.45, 2.75) is 32.5 Å². The summed E-state index contributed by atoms with van der Waals surface area (Å²) in [5, 5.41) is 26.0. The van der Waals surface area contributed by atoms with Gasteiger partial charge in [-0.25, -0.2) is 0 Å². The van der Waals surface area contributed by atoms with Crippen LogP contribution in [0.2, 0.25) is 0 Å². The molecule has 0 aliphatic carbocycles. The standard InChI is InChI=1S/C11H21N3O2/c1-9(2)11(8-15)12-6-10(16)7-14-5-3-4-13-14/h3-5,9-12,15-16H,6-8H2,1-2H3. The molecule has 0 aliphatic rings. The summed E-state index contributed by atoms with van der Waals surface area (Å²) in [6, 6.07) is 1.86. The molecular weight excluding hydrogens is 206 g/mol. The molecule has 0 aliphatic heterocycles. The van der Waals surface area contributed by atoms with Gasteiger partial charge in [0.15, 0.2) is 0 Å². The van der Waals surface area contributed by atoms with E-state index in [1.54, 1.807) is 10.9 Å². The van der Waals surface area contributed by atoms with E-state index < -0.39 is 6.10 Å². The maximum absolute atomic E-state index is 9.74. The lowest BCUT2D eigenvalue weighted by molar-refractivity contribution is 0.129. The van der Waals surface area contributed by atoms with Crippen LogP contribution in [-0.2, 0) is 6.54 Å². The molecule has 0 spiro atoms. The number of aliphatic hydroxyl groups excluding tert-OH is 2. The van der Waals surface area contributed by atoms with Crippen molar-refractivity contribution in [1.29, 1.82) is 0 Å². The molecule has 5 nitrogen and oxygen atoms in total. The number of hydrogen-bond donors (Lipinski definition) is 3. The van der Waals surface area contributed by atoms with Gasteiger partial charge in [0.25, 0.3) is 0 Å². The van der Waals surface area contributed by atoms with E-state index in [0.29, 0.717) is 19.0 Å². The van der Waals surface area contributed by atoms with Crippen molar-refractivity contribution in [3.8, 4) is 0 Å². The van der Waals surface area contributed by atoms with Gasteiger partial charge in [0.1, 0.15) is 0 Å². The van der Waals surface area contributed by atoms with Gasteiger partial charge in [0.05, 0.1) is 19.3 Å². The van der Waals surface area contributed by atoms with E-state index >= 15 is 0 Å². The van der Waals surface area contributed by atoms with Crippen molar-refractivity contribution in [2.24, 2.45) is 5.92 Å². The molecule has 3 N–H and O–H groups in total. The lowest BCUT2D eigenvalue weighted by Gasteiger charge is -2.21. The molecule has 0 saturated carbocycles. The van der Waals surface area contributed by atoms with Crippen LogP contribution in [-0.4, -0.2) is 45.3 Å². The summed E-state index contributed by atoms with van der Waals surface area (Å²) >= 11 is 0. The maximum atomic E-state index is 9.74. The van der Waals surface area contributed by atoms with Gasteiger partial charge >= 0.3 is 0 Å². The Kier molecular flexibility index (Phi) is 5.45. The number of aliphatic hydroxyl groups is 2. The van der Waals surface area contributed by atoms with Gasteiger partial charge in [-0.3, -0.25) is 4.68 Å². The molecule has 16 heavy (non-hydrogen) atoms. The van der Waals surface area contributed by atoms with Crippen molar-refractivity contribution < 1.29 is 10.2 Å². The van der Waals surface area contributed by atoms with Crippen LogP contribution in [0.5, 0.6) is 0 Å². The fourth-order valence-electron chi connectivity index (χ4n) is 1.49. The molecule has 1 aromatic heterocycles. The molecule has 0 bridgehead atoms. The van der Waals surface area contributed by atoms with E-state index in [2.05, 4.69) is 10.4 Å². The Balaban J connectivity index is 2.26. The molecule has 1 rings (SSSR count). The Bertz CT molecular complexity index is 275. The first-order chi connectivity index (χ1) is 7.63. The van der Waals surface area contributed by atoms with E-state index in [1.165, 1.54) is 0 Å². The number of nitrogens with one attached hydrogen (secondary N) is 1. The summed E-state index contributed by atoms with van der Waals surface area (Å²) in [5.41, 5.74) is 0. The van der Waals surface area contributed by atoms with Gasteiger partial charge in [0.2, 0.25) is 0 Å². The average Bonchev–Trinajstić information content (AvgIpc) is 2.70. The van der Waals surface area contributed by atoms with Crippen molar-refractivity contribution in [3.63, 3.8) is 0 Å². The fourth-order valence-corrected chi connectivity index (χ4v) is 1.49. The normalized spacial score (nSPS) is 15.3. The first kappa shape index (κ1) is 13.2. The van der Waals surface area contributed by atoms with Crippen LogP contribution in [0, 0.1) is 5.92 Å². The molecule has 0 saturated heterocycles. The van der Waals surface area contributed by atoms with E-state index in [-0.39, 0.29) is 12.6 Å². The van der Waals surface area contributed by atoms with Gasteiger partial charge in [-0.1, -0.05) is 13.8 Å². The highest BCUT2D eigenvalue weighted by Crippen LogP contribution is 2.00. The Morgan fingerprint density at radius 3 is 2.69 bits per heavy atom. The number of nitrogens with zero attached hydrogens (tertiary/aromatic N) is 2. The lowest BCUT2D eigenvalue weighted by atomic mass is 10.1. The first-order valence-corrected chi connectivity index (χ1v) is 5.63. The predicted octanol–water partition coefficient (Wildman–Crippen LogP) is -0.150. The quantitative estimate of drug-likeness (QED) is 0.606. The molecule has 0 radical (unpaired) electrons. The summed E-state index contributed by atoms with van der Waals surface area (Å²) in [6.45, 7) is 5.09. The Morgan fingerprint density at radius 1 is 1.44 bits per heavy atom. The summed E-state index contributed by atoms with van der Waals surface area (Å²) in [7, 11) is 0. The molecule has 92 valence electrons. The second kappa shape index (κ2) is 6.62. The summed E-state index contributed by atoms with van der Waals surface area (Å²) in [6.07, 6.45) is 3.01. The van der Waals surface area contributed by atoms with Crippen LogP contribution >= 0.6 is 0 Å². The third-order valence-corrected chi connectivity index (χ3v) is 2.57. The van der Waals surface area contributed by atoms with Gasteiger partial charge in [-0.05, 0) is 12.0 Å². The minimum atomic E-state index is -0.493. The van der Waals surface area contributed by atoms with Crippen LogP contribution in [0.4, 0.5) is 0 Å².